The summed E-state index contributed by atoms with van der Waals surface area (Å²) in [6.45, 7) is 10.6. The molecule has 0 aliphatic rings. The minimum absolute atomic E-state index is 0.236. The first-order valence-corrected chi connectivity index (χ1v) is 7.00. The third-order valence-electron chi connectivity index (χ3n) is 3.35. The first-order valence-electron chi connectivity index (χ1n) is 7.00. The summed E-state index contributed by atoms with van der Waals surface area (Å²) in [7, 11) is 0. The molecule has 0 bridgehead atoms. The van der Waals surface area contributed by atoms with E-state index >= 15 is 0 Å². The van der Waals surface area contributed by atoms with E-state index in [1.165, 1.54) is 5.56 Å². The van der Waals surface area contributed by atoms with Gasteiger partial charge in [-0.05, 0) is 37.2 Å². The van der Waals surface area contributed by atoms with Crippen molar-refractivity contribution >= 4 is 5.69 Å². The van der Waals surface area contributed by atoms with Crippen LogP contribution in [-0.4, -0.2) is 30.6 Å². The van der Waals surface area contributed by atoms with Crippen LogP contribution in [0.3, 0.4) is 0 Å². The van der Waals surface area contributed by atoms with Gasteiger partial charge < -0.3 is 11.1 Å². The van der Waals surface area contributed by atoms with Crippen molar-refractivity contribution in [3.05, 3.63) is 29.8 Å². The van der Waals surface area contributed by atoms with Gasteiger partial charge in [-0.2, -0.15) is 0 Å². The Hall–Kier alpha value is -1.06. The highest BCUT2D eigenvalue weighted by Crippen LogP contribution is 2.11. The highest BCUT2D eigenvalue weighted by Gasteiger charge is 2.02. The molecule has 0 aliphatic heterocycles. The Morgan fingerprint density at radius 1 is 1.11 bits per heavy atom. The fourth-order valence-electron chi connectivity index (χ4n) is 1.83. The summed E-state index contributed by atoms with van der Waals surface area (Å²) in [6, 6.07) is 8.90. The first kappa shape index (κ1) is 15.0. The van der Waals surface area contributed by atoms with Crippen LogP contribution in [0.4, 0.5) is 5.69 Å². The van der Waals surface area contributed by atoms with Crippen LogP contribution in [0.2, 0.25) is 0 Å². The monoisotopic (exact) mass is 249 g/mol. The highest BCUT2D eigenvalue weighted by molar-refractivity contribution is 5.44. The van der Waals surface area contributed by atoms with E-state index in [0.29, 0.717) is 0 Å². The summed E-state index contributed by atoms with van der Waals surface area (Å²) < 4.78 is 0. The molecule has 1 rings (SSSR count). The zero-order valence-electron chi connectivity index (χ0n) is 11.9. The molecule has 1 unspecified atom stereocenters. The molecular weight excluding hydrogens is 222 g/mol. The third-order valence-corrected chi connectivity index (χ3v) is 3.35. The van der Waals surface area contributed by atoms with Crippen LogP contribution >= 0.6 is 0 Å². The maximum Gasteiger partial charge on any atom is 0.0340 e. The van der Waals surface area contributed by atoms with Crippen molar-refractivity contribution < 1.29 is 0 Å². The average molecular weight is 249 g/mol. The Morgan fingerprint density at radius 2 is 1.72 bits per heavy atom. The van der Waals surface area contributed by atoms with E-state index in [0.717, 1.165) is 38.3 Å². The van der Waals surface area contributed by atoms with Crippen molar-refractivity contribution in [2.24, 2.45) is 5.73 Å². The van der Waals surface area contributed by atoms with Gasteiger partial charge in [-0.3, -0.25) is 4.90 Å². The van der Waals surface area contributed by atoms with Gasteiger partial charge >= 0.3 is 0 Å². The van der Waals surface area contributed by atoms with Crippen molar-refractivity contribution in [3.63, 3.8) is 0 Å². The Bertz CT molecular complexity index is 317. The van der Waals surface area contributed by atoms with Gasteiger partial charge in [0, 0.05) is 24.8 Å². The van der Waals surface area contributed by atoms with Gasteiger partial charge in [0.2, 0.25) is 0 Å². The maximum absolute atomic E-state index is 5.88. The van der Waals surface area contributed by atoms with Crippen LogP contribution in [0.15, 0.2) is 24.3 Å². The van der Waals surface area contributed by atoms with E-state index in [1.54, 1.807) is 0 Å². The van der Waals surface area contributed by atoms with Crippen LogP contribution in [-0.2, 0) is 6.54 Å². The van der Waals surface area contributed by atoms with Crippen molar-refractivity contribution in [2.45, 2.75) is 39.8 Å². The third kappa shape index (κ3) is 5.07. The smallest absolute Gasteiger partial charge is 0.0340 e. The Morgan fingerprint density at radius 3 is 2.22 bits per heavy atom. The van der Waals surface area contributed by atoms with Gasteiger partial charge in [-0.15, -0.1) is 0 Å². The number of hydrogen-bond donors (Lipinski definition) is 2. The Balaban J connectivity index is 2.47. The van der Waals surface area contributed by atoms with Gasteiger partial charge in [0.05, 0.1) is 0 Å². The molecule has 0 amide bonds. The number of nitrogens with zero attached hydrogens (tertiary/aromatic N) is 1. The summed E-state index contributed by atoms with van der Waals surface area (Å²) in [5, 5.41) is 3.37. The summed E-state index contributed by atoms with van der Waals surface area (Å²) in [5.41, 5.74) is 8.40. The predicted octanol–water partition coefficient (Wildman–Crippen LogP) is 2.68. The van der Waals surface area contributed by atoms with Crippen molar-refractivity contribution in [2.75, 3.05) is 25.0 Å². The normalized spacial score (nSPS) is 12.7. The van der Waals surface area contributed by atoms with Crippen LogP contribution in [0.1, 0.15) is 32.8 Å². The molecule has 1 atom stereocenters. The molecule has 1 aromatic rings. The molecule has 102 valence electrons. The molecule has 0 fully saturated rings. The molecule has 3 nitrogen and oxygen atoms in total. The molecule has 0 aromatic heterocycles. The minimum Gasteiger partial charge on any atom is -0.383 e. The zero-order valence-corrected chi connectivity index (χ0v) is 11.9. The molecule has 0 heterocycles. The van der Waals surface area contributed by atoms with Gasteiger partial charge in [0.1, 0.15) is 0 Å². The first-order chi connectivity index (χ1) is 8.69. The van der Waals surface area contributed by atoms with Gasteiger partial charge in [-0.25, -0.2) is 0 Å². The fraction of sp³-hybridized carbons (Fsp3) is 0.600. The van der Waals surface area contributed by atoms with Crippen LogP contribution < -0.4 is 11.1 Å². The van der Waals surface area contributed by atoms with Crippen molar-refractivity contribution in [1.29, 1.82) is 0 Å². The van der Waals surface area contributed by atoms with E-state index in [1.807, 2.05) is 0 Å². The number of nitrogens with one attached hydrogen (secondary N) is 1. The van der Waals surface area contributed by atoms with E-state index in [-0.39, 0.29) is 6.04 Å². The molecule has 3 heteroatoms. The second kappa shape index (κ2) is 8.11. The van der Waals surface area contributed by atoms with Gasteiger partial charge in [0.15, 0.2) is 0 Å². The molecule has 3 N–H and O–H groups in total. The average Bonchev–Trinajstić information content (AvgIpc) is 2.43. The van der Waals surface area contributed by atoms with Crippen LogP contribution in [0.5, 0.6) is 0 Å². The molecule has 18 heavy (non-hydrogen) atoms. The molecule has 0 aliphatic carbocycles. The summed E-state index contributed by atoms with van der Waals surface area (Å²) in [5.74, 6) is 0. The van der Waals surface area contributed by atoms with E-state index in [9.17, 15) is 0 Å². The lowest BCUT2D eigenvalue weighted by Gasteiger charge is -2.18. The number of rotatable bonds is 8. The molecule has 1 aromatic carbocycles. The van der Waals surface area contributed by atoms with E-state index in [4.69, 9.17) is 5.73 Å². The zero-order chi connectivity index (χ0) is 13.4. The van der Waals surface area contributed by atoms with E-state index in [2.05, 4.69) is 55.3 Å². The van der Waals surface area contributed by atoms with Crippen LogP contribution in [0.25, 0.3) is 0 Å². The standard InChI is InChI=1S/C15H27N3/c1-4-14(16)11-17-15-9-7-13(8-10-15)12-18(5-2)6-3/h7-10,14,17H,4-6,11-12,16H2,1-3H3. The van der Waals surface area contributed by atoms with Crippen molar-refractivity contribution in [1.82, 2.24) is 4.90 Å². The Kier molecular flexibility index (Phi) is 6.76. The predicted molar refractivity (Wildman–Crippen MR) is 79.8 cm³/mol. The number of benzene rings is 1. The number of anilines is 1. The fourth-order valence-corrected chi connectivity index (χ4v) is 1.83. The molecule has 0 spiro atoms. The minimum atomic E-state index is 0.236. The lowest BCUT2D eigenvalue weighted by Crippen LogP contribution is -2.28. The van der Waals surface area contributed by atoms with Gasteiger partial charge in [0.25, 0.3) is 0 Å². The van der Waals surface area contributed by atoms with Gasteiger partial charge in [-0.1, -0.05) is 32.9 Å². The topological polar surface area (TPSA) is 41.3 Å². The quantitative estimate of drug-likeness (QED) is 0.744. The summed E-state index contributed by atoms with van der Waals surface area (Å²) in [6.07, 6.45) is 1.01. The second-order valence-corrected chi connectivity index (χ2v) is 4.71. The Labute approximate surface area is 111 Å². The SMILES string of the molecule is CCC(N)CNc1ccc(CN(CC)CC)cc1. The van der Waals surface area contributed by atoms with Crippen molar-refractivity contribution in [3.8, 4) is 0 Å². The summed E-state index contributed by atoms with van der Waals surface area (Å²) >= 11 is 0. The van der Waals surface area contributed by atoms with Crippen LogP contribution in [0, 0.1) is 0 Å². The molecule has 0 saturated carbocycles. The lowest BCUT2D eigenvalue weighted by molar-refractivity contribution is 0.296. The summed E-state index contributed by atoms with van der Waals surface area (Å²) in [4.78, 5) is 2.41. The number of hydrogen-bond acceptors (Lipinski definition) is 3. The number of nitrogens with two attached hydrogens (primary N) is 1. The largest absolute Gasteiger partial charge is 0.383 e. The highest BCUT2D eigenvalue weighted by atomic mass is 15.1. The van der Waals surface area contributed by atoms with E-state index < -0.39 is 0 Å². The maximum atomic E-state index is 5.88. The molecule has 0 saturated heterocycles. The molecular formula is C15H27N3. The molecule has 0 radical (unpaired) electrons. The second-order valence-electron chi connectivity index (χ2n) is 4.71. The lowest BCUT2D eigenvalue weighted by atomic mass is 10.2.